The third-order valence-electron chi connectivity index (χ3n) is 4.18. The number of thiophene rings is 1. The fourth-order valence-corrected chi connectivity index (χ4v) is 3.84. The van der Waals surface area contributed by atoms with Gasteiger partial charge in [-0.05, 0) is 38.5 Å². The average Bonchev–Trinajstić information content (AvgIpc) is 3.21. The first-order chi connectivity index (χ1) is 12.9. The first kappa shape index (κ1) is 19.4. The van der Waals surface area contributed by atoms with Gasteiger partial charge < -0.3 is 10.1 Å². The highest BCUT2D eigenvalue weighted by atomic mass is 35.5. The maximum Gasteiger partial charge on any atom is 0.348 e. The molecule has 1 amide bonds. The van der Waals surface area contributed by atoms with E-state index in [2.05, 4.69) is 10.4 Å². The highest BCUT2D eigenvalue weighted by Gasteiger charge is 2.19. The molecule has 8 heteroatoms. The number of benzene rings is 1. The Kier molecular flexibility index (Phi) is 5.82. The van der Waals surface area contributed by atoms with E-state index in [9.17, 15) is 9.59 Å². The van der Waals surface area contributed by atoms with Crippen LogP contribution in [0, 0.1) is 6.92 Å². The van der Waals surface area contributed by atoms with Gasteiger partial charge >= 0.3 is 5.97 Å². The molecule has 142 valence electrons. The normalized spacial score (nSPS) is 12.1. The summed E-state index contributed by atoms with van der Waals surface area (Å²) in [6.45, 7) is 5.44. The first-order valence-electron chi connectivity index (χ1n) is 8.61. The van der Waals surface area contributed by atoms with Crippen LogP contribution in [0.25, 0.3) is 15.9 Å². The Labute approximate surface area is 166 Å². The Morgan fingerprint density at radius 2 is 2.11 bits per heavy atom. The van der Waals surface area contributed by atoms with Gasteiger partial charge in [-0.15, -0.1) is 11.3 Å². The number of nitrogens with one attached hydrogen (secondary N) is 1. The van der Waals surface area contributed by atoms with Crippen molar-refractivity contribution in [2.75, 3.05) is 6.61 Å². The summed E-state index contributed by atoms with van der Waals surface area (Å²) in [7, 11) is 0. The van der Waals surface area contributed by atoms with Crippen molar-refractivity contribution >= 4 is 45.0 Å². The fraction of sp³-hybridized carbons (Fsp3) is 0.316. The van der Waals surface area contributed by atoms with Crippen LogP contribution in [-0.2, 0) is 9.53 Å². The molecule has 1 aromatic carbocycles. The molecule has 1 atom stereocenters. The molecular weight excluding hydrogens is 386 g/mol. The van der Waals surface area contributed by atoms with Crippen LogP contribution >= 0.6 is 22.9 Å². The van der Waals surface area contributed by atoms with Gasteiger partial charge in [-0.3, -0.25) is 4.79 Å². The van der Waals surface area contributed by atoms with Crippen molar-refractivity contribution < 1.29 is 14.3 Å². The molecule has 0 aliphatic rings. The quantitative estimate of drug-likeness (QED) is 0.626. The smallest absolute Gasteiger partial charge is 0.348 e. The summed E-state index contributed by atoms with van der Waals surface area (Å²) < 4.78 is 6.87. The Morgan fingerprint density at radius 1 is 1.37 bits per heavy atom. The molecule has 1 N–H and O–H groups in total. The molecule has 6 nitrogen and oxygen atoms in total. The summed E-state index contributed by atoms with van der Waals surface area (Å²) in [4.78, 5) is 25.4. The number of para-hydroxylation sites is 1. The lowest BCUT2D eigenvalue weighted by Crippen LogP contribution is -2.35. The SMILES string of the molecule is CCC(C)NC(=O)COC(=O)c1cc2c(C)nn(-c3ccccc3Cl)c2s1. The lowest BCUT2D eigenvalue weighted by atomic mass is 10.2. The second-order valence-corrected chi connectivity index (χ2v) is 7.67. The van der Waals surface area contributed by atoms with Gasteiger partial charge in [-0.2, -0.15) is 5.10 Å². The summed E-state index contributed by atoms with van der Waals surface area (Å²) in [6, 6.07) is 9.17. The maximum absolute atomic E-state index is 12.4. The number of esters is 1. The number of amides is 1. The zero-order valence-corrected chi connectivity index (χ0v) is 16.9. The summed E-state index contributed by atoms with van der Waals surface area (Å²) in [6.07, 6.45) is 0.813. The largest absolute Gasteiger partial charge is 0.451 e. The number of halogens is 1. The molecule has 3 rings (SSSR count). The van der Waals surface area contributed by atoms with Crippen LogP contribution < -0.4 is 5.32 Å². The molecule has 2 heterocycles. The molecule has 0 aliphatic heterocycles. The predicted octanol–water partition coefficient (Wildman–Crippen LogP) is 4.12. The van der Waals surface area contributed by atoms with Crippen molar-refractivity contribution in [2.45, 2.75) is 33.2 Å². The van der Waals surface area contributed by atoms with Crippen LogP contribution in [0.2, 0.25) is 5.02 Å². The molecule has 0 radical (unpaired) electrons. The number of aryl methyl sites for hydroxylation is 1. The van der Waals surface area contributed by atoms with Crippen LogP contribution in [0.3, 0.4) is 0 Å². The fourth-order valence-electron chi connectivity index (χ4n) is 2.56. The maximum atomic E-state index is 12.4. The number of rotatable bonds is 6. The predicted molar refractivity (Wildman–Crippen MR) is 107 cm³/mol. The monoisotopic (exact) mass is 405 g/mol. The van der Waals surface area contributed by atoms with Crippen molar-refractivity contribution in [3.05, 3.63) is 45.9 Å². The van der Waals surface area contributed by atoms with Crippen LogP contribution in [0.1, 0.15) is 35.6 Å². The minimum Gasteiger partial charge on any atom is -0.451 e. The van der Waals surface area contributed by atoms with Gasteiger partial charge in [0.15, 0.2) is 6.61 Å². The van der Waals surface area contributed by atoms with Gasteiger partial charge in [-0.1, -0.05) is 30.7 Å². The van der Waals surface area contributed by atoms with Crippen molar-refractivity contribution in [3.63, 3.8) is 0 Å². The van der Waals surface area contributed by atoms with Gasteiger partial charge in [0, 0.05) is 11.4 Å². The Bertz CT molecular complexity index is 995. The van der Waals surface area contributed by atoms with Crippen LogP contribution in [-0.4, -0.2) is 34.3 Å². The number of carbonyl (C=O) groups is 2. The molecule has 0 aliphatic carbocycles. The number of ether oxygens (including phenoxy) is 1. The lowest BCUT2D eigenvalue weighted by molar-refractivity contribution is -0.124. The highest BCUT2D eigenvalue weighted by molar-refractivity contribution is 7.20. The molecule has 1 unspecified atom stereocenters. The van der Waals surface area contributed by atoms with E-state index < -0.39 is 5.97 Å². The van der Waals surface area contributed by atoms with Gasteiger partial charge in [0.25, 0.3) is 5.91 Å². The van der Waals surface area contributed by atoms with E-state index in [1.54, 1.807) is 16.8 Å². The van der Waals surface area contributed by atoms with Gasteiger partial charge in [0.1, 0.15) is 9.71 Å². The molecule has 27 heavy (non-hydrogen) atoms. The third-order valence-corrected chi connectivity index (χ3v) is 5.59. The molecule has 0 saturated carbocycles. The lowest BCUT2D eigenvalue weighted by Gasteiger charge is -2.11. The molecule has 2 aromatic heterocycles. The topological polar surface area (TPSA) is 73.2 Å². The minimum absolute atomic E-state index is 0.0461. The summed E-state index contributed by atoms with van der Waals surface area (Å²) in [5, 5.41) is 8.71. The second kappa shape index (κ2) is 8.10. The van der Waals surface area contributed by atoms with Crippen molar-refractivity contribution in [2.24, 2.45) is 0 Å². The third kappa shape index (κ3) is 4.14. The summed E-state index contributed by atoms with van der Waals surface area (Å²) in [5.41, 5.74) is 1.53. The Hall–Kier alpha value is -2.38. The molecule has 0 bridgehead atoms. The zero-order valence-electron chi connectivity index (χ0n) is 15.3. The second-order valence-electron chi connectivity index (χ2n) is 6.23. The van der Waals surface area contributed by atoms with Crippen molar-refractivity contribution in [1.29, 1.82) is 0 Å². The van der Waals surface area contributed by atoms with Crippen LogP contribution in [0.15, 0.2) is 30.3 Å². The first-order valence-corrected chi connectivity index (χ1v) is 9.80. The van der Waals surface area contributed by atoms with Gasteiger partial charge in [0.05, 0.1) is 16.4 Å². The summed E-state index contributed by atoms with van der Waals surface area (Å²) in [5.74, 6) is -0.835. The number of fused-ring (bicyclic) bond motifs is 1. The number of hydrogen-bond donors (Lipinski definition) is 1. The Balaban J connectivity index is 1.81. The number of hydrogen-bond acceptors (Lipinski definition) is 5. The van der Waals surface area contributed by atoms with E-state index in [1.807, 2.05) is 39.0 Å². The molecule has 0 spiro atoms. The number of aromatic nitrogens is 2. The van der Waals surface area contributed by atoms with Crippen LogP contribution in [0.5, 0.6) is 0 Å². The number of carbonyl (C=O) groups excluding carboxylic acids is 2. The molecule has 3 aromatic rings. The highest BCUT2D eigenvalue weighted by Crippen LogP contribution is 2.32. The summed E-state index contributed by atoms with van der Waals surface area (Å²) >= 11 is 7.55. The van der Waals surface area contributed by atoms with E-state index in [1.165, 1.54) is 11.3 Å². The Morgan fingerprint density at radius 3 is 2.81 bits per heavy atom. The standard InChI is InChI=1S/C19H20ClN3O3S/c1-4-11(2)21-17(24)10-26-19(25)16-9-13-12(3)22-23(18(13)27-16)15-8-6-5-7-14(15)20/h5-9,11H,4,10H2,1-3H3,(H,21,24). The van der Waals surface area contributed by atoms with E-state index in [4.69, 9.17) is 16.3 Å². The zero-order chi connectivity index (χ0) is 19.6. The van der Waals surface area contributed by atoms with E-state index in [-0.39, 0.29) is 18.6 Å². The molecule has 0 saturated heterocycles. The minimum atomic E-state index is -0.527. The van der Waals surface area contributed by atoms with E-state index in [0.29, 0.717) is 9.90 Å². The molecular formula is C19H20ClN3O3S. The van der Waals surface area contributed by atoms with Crippen molar-refractivity contribution in [3.8, 4) is 5.69 Å². The van der Waals surface area contributed by atoms with Crippen molar-refractivity contribution in [1.82, 2.24) is 15.1 Å². The van der Waals surface area contributed by atoms with Gasteiger partial charge in [-0.25, -0.2) is 9.48 Å². The van der Waals surface area contributed by atoms with E-state index in [0.717, 1.165) is 28.0 Å². The average molecular weight is 406 g/mol. The number of nitrogens with zero attached hydrogens (tertiary/aromatic N) is 2. The van der Waals surface area contributed by atoms with E-state index >= 15 is 0 Å². The van der Waals surface area contributed by atoms with Gasteiger partial charge in [0.2, 0.25) is 0 Å². The van der Waals surface area contributed by atoms with Crippen LogP contribution in [0.4, 0.5) is 0 Å². The molecule has 0 fully saturated rings.